The molecule has 182 valence electrons. The Bertz CT molecular complexity index is 1150. The van der Waals surface area contributed by atoms with E-state index in [1.807, 2.05) is 0 Å². The van der Waals surface area contributed by atoms with Gasteiger partial charge in [0, 0.05) is 44.1 Å². The maximum absolute atomic E-state index is 13.9. The zero-order valence-electron chi connectivity index (χ0n) is 17.4. The number of primary amides is 1. The standard InChI is InChI=1S/C20H19F6N7O/c21-19(22,23)13-1-2-16(29-8-13)33-4-3-32(10-15(33)20(24,25)26)9-12-7-30-31-17(12)14-5-11(6-28-14)18(27)34/h1-2,5-8,15,28H,3-4,9-10H2,(H2,27,34)(H,30,31). The number of aromatic amines is 2. The third-order valence-corrected chi connectivity index (χ3v) is 5.56. The predicted octanol–water partition coefficient (Wildman–Crippen LogP) is 3.17. The molecule has 4 heterocycles. The van der Waals surface area contributed by atoms with Gasteiger partial charge in [0.2, 0.25) is 5.91 Å². The summed E-state index contributed by atoms with van der Waals surface area (Å²) < 4.78 is 80.0. The highest BCUT2D eigenvalue weighted by molar-refractivity contribution is 5.93. The van der Waals surface area contributed by atoms with Gasteiger partial charge in [-0.2, -0.15) is 31.4 Å². The summed E-state index contributed by atoms with van der Waals surface area (Å²) in [5.41, 5.74) is 6.06. The van der Waals surface area contributed by atoms with Gasteiger partial charge in [-0.15, -0.1) is 0 Å². The number of carbonyl (C=O) groups excluding carboxylic acids is 1. The van der Waals surface area contributed by atoms with Crippen molar-refractivity contribution in [3.05, 3.63) is 53.5 Å². The fraction of sp³-hybridized carbons (Fsp3) is 0.350. The number of nitrogens with two attached hydrogens (primary N) is 1. The molecule has 3 aromatic rings. The van der Waals surface area contributed by atoms with Gasteiger partial charge >= 0.3 is 12.4 Å². The summed E-state index contributed by atoms with van der Waals surface area (Å²) in [5, 5.41) is 6.72. The number of piperazine rings is 1. The number of H-pyrrole nitrogens is 2. The number of nitrogens with one attached hydrogen (secondary N) is 2. The van der Waals surface area contributed by atoms with Crippen molar-refractivity contribution in [1.82, 2.24) is 25.1 Å². The molecule has 1 aliphatic heterocycles. The topological polar surface area (TPSA) is 107 Å². The first-order valence-corrected chi connectivity index (χ1v) is 10.0. The van der Waals surface area contributed by atoms with Crippen molar-refractivity contribution in [2.75, 3.05) is 24.5 Å². The van der Waals surface area contributed by atoms with Crippen molar-refractivity contribution in [3.63, 3.8) is 0 Å². The first kappa shape index (κ1) is 23.6. The maximum Gasteiger partial charge on any atom is 0.417 e. The average molecular weight is 487 g/mol. The Balaban J connectivity index is 1.52. The smallest absolute Gasteiger partial charge is 0.366 e. The molecule has 3 aromatic heterocycles. The van der Waals surface area contributed by atoms with E-state index in [0.717, 1.165) is 17.0 Å². The van der Waals surface area contributed by atoms with Crippen molar-refractivity contribution < 1.29 is 31.1 Å². The summed E-state index contributed by atoms with van der Waals surface area (Å²) in [6, 6.07) is 1.21. The minimum atomic E-state index is -4.64. The lowest BCUT2D eigenvalue weighted by molar-refractivity contribution is -0.157. The van der Waals surface area contributed by atoms with Crippen molar-refractivity contribution in [3.8, 4) is 11.4 Å². The molecule has 8 nitrogen and oxygen atoms in total. The SMILES string of the molecule is NC(=O)c1c[nH]c(-c2[nH]ncc2CN2CCN(c3ccc(C(F)(F)F)cn3)C(C(F)(F)F)C2)c1. The molecular weight excluding hydrogens is 468 g/mol. The molecule has 0 aliphatic carbocycles. The Morgan fingerprint density at radius 1 is 1.15 bits per heavy atom. The van der Waals surface area contributed by atoms with E-state index < -0.39 is 36.4 Å². The number of hydrogen-bond donors (Lipinski definition) is 3. The number of amides is 1. The van der Waals surface area contributed by atoms with Crippen LogP contribution in [0.2, 0.25) is 0 Å². The minimum Gasteiger partial charge on any atom is -0.366 e. The fourth-order valence-electron chi connectivity index (χ4n) is 3.85. The first-order valence-electron chi connectivity index (χ1n) is 10.0. The summed E-state index contributed by atoms with van der Waals surface area (Å²) in [6.45, 7) is -0.188. The molecule has 4 N–H and O–H groups in total. The molecule has 1 saturated heterocycles. The van der Waals surface area contributed by atoms with Gasteiger partial charge in [-0.1, -0.05) is 0 Å². The highest BCUT2D eigenvalue weighted by atomic mass is 19.4. The van der Waals surface area contributed by atoms with Gasteiger partial charge in [0.15, 0.2) is 0 Å². The zero-order valence-corrected chi connectivity index (χ0v) is 17.4. The van der Waals surface area contributed by atoms with Crippen molar-refractivity contribution >= 4 is 11.7 Å². The molecule has 1 aliphatic rings. The van der Waals surface area contributed by atoms with E-state index in [-0.39, 0.29) is 31.0 Å². The quantitative estimate of drug-likeness (QED) is 0.480. The number of anilines is 1. The Hall–Kier alpha value is -3.55. The number of nitrogens with zero attached hydrogens (tertiary/aromatic N) is 4. The second-order valence-electron chi connectivity index (χ2n) is 7.83. The summed E-state index contributed by atoms with van der Waals surface area (Å²) in [4.78, 5) is 20.4. The summed E-state index contributed by atoms with van der Waals surface area (Å²) in [5.74, 6) is -0.811. The van der Waals surface area contributed by atoms with Crippen molar-refractivity contribution in [2.45, 2.75) is 24.9 Å². The molecule has 1 atom stereocenters. The van der Waals surface area contributed by atoms with E-state index in [2.05, 4.69) is 20.2 Å². The van der Waals surface area contributed by atoms with Crippen LogP contribution in [0.5, 0.6) is 0 Å². The molecule has 0 bridgehead atoms. The van der Waals surface area contributed by atoms with Crippen LogP contribution in [-0.4, -0.2) is 62.8 Å². The number of alkyl halides is 6. The average Bonchev–Trinajstić information content (AvgIpc) is 3.42. The van der Waals surface area contributed by atoms with Crippen LogP contribution >= 0.6 is 0 Å². The Morgan fingerprint density at radius 3 is 2.50 bits per heavy atom. The van der Waals surface area contributed by atoms with Crippen LogP contribution in [0.15, 0.2) is 36.8 Å². The number of carbonyl (C=O) groups is 1. The Kier molecular flexibility index (Phi) is 6.02. The fourth-order valence-corrected chi connectivity index (χ4v) is 3.85. The second-order valence-corrected chi connectivity index (χ2v) is 7.83. The summed E-state index contributed by atoms with van der Waals surface area (Å²) in [6.07, 6.45) is -5.85. The number of halogens is 6. The predicted molar refractivity (Wildman–Crippen MR) is 109 cm³/mol. The van der Waals surface area contributed by atoms with Crippen molar-refractivity contribution in [1.29, 1.82) is 0 Å². The summed E-state index contributed by atoms with van der Waals surface area (Å²) >= 11 is 0. The minimum absolute atomic E-state index is 0.0932. The highest BCUT2D eigenvalue weighted by Crippen LogP contribution is 2.34. The Morgan fingerprint density at radius 2 is 1.91 bits per heavy atom. The molecule has 0 saturated carbocycles. The van der Waals surface area contributed by atoms with Crippen LogP contribution in [0.25, 0.3) is 11.4 Å². The number of hydrogen-bond acceptors (Lipinski definition) is 5. The normalized spacial score (nSPS) is 17.8. The monoisotopic (exact) mass is 487 g/mol. The van der Waals surface area contributed by atoms with Crippen LogP contribution < -0.4 is 10.6 Å². The van der Waals surface area contributed by atoms with Gasteiger partial charge in [-0.3, -0.25) is 14.8 Å². The van der Waals surface area contributed by atoms with E-state index in [9.17, 15) is 31.1 Å². The third kappa shape index (κ3) is 4.85. The molecule has 34 heavy (non-hydrogen) atoms. The second kappa shape index (κ2) is 8.66. The molecule has 0 aromatic carbocycles. The molecule has 0 spiro atoms. The van der Waals surface area contributed by atoms with Gasteiger partial charge in [0.25, 0.3) is 0 Å². The maximum atomic E-state index is 13.9. The lowest BCUT2D eigenvalue weighted by Gasteiger charge is -2.42. The van der Waals surface area contributed by atoms with Crippen molar-refractivity contribution in [2.24, 2.45) is 5.73 Å². The van der Waals surface area contributed by atoms with Gasteiger partial charge < -0.3 is 15.6 Å². The molecule has 1 fully saturated rings. The van der Waals surface area contributed by atoms with E-state index in [4.69, 9.17) is 5.73 Å². The molecule has 0 radical (unpaired) electrons. The zero-order chi connectivity index (χ0) is 24.7. The van der Waals surface area contributed by atoms with Gasteiger partial charge in [-0.05, 0) is 18.2 Å². The van der Waals surface area contributed by atoms with Crippen LogP contribution in [0.4, 0.5) is 32.2 Å². The number of aromatic nitrogens is 4. The highest BCUT2D eigenvalue weighted by Gasteiger charge is 2.47. The van der Waals surface area contributed by atoms with Gasteiger partial charge in [0.05, 0.1) is 28.7 Å². The van der Waals surface area contributed by atoms with Crippen LogP contribution in [-0.2, 0) is 12.7 Å². The summed E-state index contributed by atoms with van der Waals surface area (Å²) in [7, 11) is 0. The van der Waals surface area contributed by atoms with Crippen LogP contribution in [0.3, 0.4) is 0 Å². The van der Waals surface area contributed by atoms with E-state index in [1.165, 1.54) is 18.5 Å². The molecule has 1 unspecified atom stereocenters. The van der Waals surface area contributed by atoms with Gasteiger partial charge in [-0.25, -0.2) is 4.98 Å². The van der Waals surface area contributed by atoms with Crippen LogP contribution in [0.1, 0.15) is 21.5 Å². The molecular formula is C20H19F6N7O. The van der Waals surface area contributed by atoms with E-state index in [1.54, 1.807) is 4.90 Å². The number of pyridine rings is 1. The number of rotatable bonds is 5. The molecule has 4 rings (SSSR count). The van der Waals surface area contributed by atoms with Crippen LogP contribution in [0, 0.1) is 0 Å². The lowest BCUT2D eigenvalue weighted by Crippen LogP contribution is -2.59. The van der Waals surface area contributed by atoms with E-state index >= 15 is 0 Å². The third-order valence-electron chi connectivity index (χ3n) is 5.56. The lowest BCUT2D eigenvalue weighted by atomic mass is 10.1. The van der Waals surface area contributed by atoms with E-state index in [0.29, 0.717) is 23.1 Å². The largest absolute Gasteiger partial charge is 0.417 e. The molecule has 14 heteroatoms. The first-order chi connectivity index (χ1) is 15.9. The molecule has 1 amide bonds. The van der Waals surface area contributed by atoms with Gasteiger partial charge in [0.1, 0.15) is 11.9 Å². The Labute approximate surface area is 188 Å².